The molecule has 0 radical (unpaired) electrons. The Labute approximate surface area is 216 Å². The van der Waals surface area contributed by atoms with Crippen LogP contribution in [0.1, 0.15) is 126 Å². The normalized spacial score (nSPS) is 44.6. The molecule has 0 bridgehead atoms. The van der Waals surface area contributed by atoms with E-state index in [1.165, 1.54) is 64.7 Å². The van der Waals surface area contributed by atoms with E-state index in [-0.39, 0.29) is 5.92 Å². The van der Waals surface area contributed by atoms with Crippen molar-refractivity contribution in [2.75, 3.05) is 0 Å². The van der Waals surface area contributed by atoms with E-state index >= 15 is 0 Å². The summed E-state index contributed by atoms with van der Waals surface area (Å²) in [5.41, 5.74) is -0.720. The monoisotopic (exact) mass is 488 g/mol. The molecule has 0 aromatic rings. The summed E-state index contributed by atoms with van der Waals surface area (Å²) < 4.78 is 0. The SMILES string of the molecule is CC[C@H](CC[C@@H](C)[C@H]1CC[C@H]2[C@@H]3CCC4C[C@@H](C(C)(O)C(=O)O)CC[C@]4(C)[C@H]3CC[C@]12C)C(C)C. The maximum absolute atomic E-state index is 11.7. The Hall–Kier alpha value is -0.570. The maximum Gasteiger partial charge on any atom is 0.335 e. The maximum atomic E-state index is 11.7. The topological polar surface area (TPSA) is 57.5 Å². The van der Waals surface area contributed by atoms with Crippen molar-refractivity contribution in [3.63, 3.8) is 0 Å². The predicted octanol–water partition coefficient (Wildman–Crippen LogP) is 8.20. The van der Waals surface area contributed by atoms with Crippen LogP contribution in [0, 0.1) is 64.1 Å². The van der Waals surface area contributed by atoms with E-state index in [9.17, 15) is 15.0 Å². The molecule has 0 aliphatic heterocycles. The molecule has 2 unspecified atom stereocenters. The minimum atomic E-state index is -1.58. The van der Waals surface area contributed by atoms with Crippen LogP contribution in [-0.4, -0.2) is 21.8 Å². The number of carboxylic acids is 1. The van der Waals surface area contributed by atoms with Gasteiger partial charge in [0.05, 0.1) is 0 Å². The smallest absolute Gasteiger partial charge is 0.335 e. The average Bonchev–Trinajstić information content (AvgIpc) is 3.15. The molecule has 3 nitrogen and oxygen atoms in total. The van der Waals surface area contributed by atoms with Crippen molar-refractivity contribution in [2.24, 2.45) is 64.1 Å². The molecule has 4 aliphatic carbocycles. The van der Waals surface area contributed by atoms with Gasteiger partial charge in [-0.15, -0.1) is 0 Å². The van der Waals surface area contributed by atoms with E-state index in [0.29, 0.717) is 16.7 Å². The average molecular weight is 489 g/mol. The zero-order valence-corrected chi connectivity index (χ0v) is 24.0. The van der Waals surface area contributed by atoms with Gasteiger partial charge in [-0.1, -0.05) is 54.4 Å². The van der Waals surface area contributed by atoms with Crippen LogP contribution < -0.4 is 0 Å². The van der Waals surface area contributed by atoms with E-state index in [1.807, 2.05) is 0 Å². The molecule has 0 aromatic heterocycles. The number of aliphatic hydroxyl groups is 1. The van der Waals surface area contributed by atoms with Gasteiger partial charge >= 0.3 is 5.97 Å². The number of rotatable bonds is 8. The van der Waals surface area contributed by atoms with Crippen molar-refractivity contribution < 1.29 is 15.0 Å². The highest BCUT2D eigenvalue weighted by atomic mass is 16.4. The van der Waals surface area contributed by atoms with Gasteiger partial charge in [-0.3, -0.25) is 0 Å². The molecule has 202 valence electrons. The Morgan fingerprint density at radius 2 is 1.60 bits per heavy atom. The van der Waals surface area contributed by atoms with Crippen molar-refractivity contribution in [3.05, 3.63) is 0 Å². The number of carboxylic acid groups (broad SMARTS) is 1. The lowest BCUT2D eigenvalue weighted by Crippen LogP contribution is -2.56. The third kappa shape index (κ3) is 4.63. The first-order valence-corrected chi connectivity index (χ1v) is 15.3. The van der Waals surface area contributed by atoms with Crippen LogP contribution in [-0.2, 0) is 4.79 Å². The van der Waals surface area contributed by atoms with Gasteiger partial charge in [-0.05, 0) is 135 Å². The largest absolute Gasteiger partial charge is 0.479 e. The van der Waals surface area contributed by atoms with E-state index in [4.69, 9.17) is 0 Å². The zero-order valence-electron chi connectivity index (χ0n) is 24.0. The van der Waals surface area contributed by atoms with Crippen molar-refractivity contribution in [1.29, 1.82) is 0 Å². The summed E-state index contributed by atoms with van der Waals surface area (Å²) in [5, 5.41) is 20.3. The van der Waals surface area contributed by atoms with Crippen molar-refractivity contribution in [2.45, 2.75) is 131 Å². The molecule has 2 N–H and O–H groups in total. The second-order valence-corrected chi connectivity index (χ2v) is 14.8. The molecule has 4 saturated carbocycles. The number of hydrogen-bond donors (Lipinski definition) is 2. The van der Waals surface area contributed by atoms with Crippen molar-refractivity contribution in [1.82, 2.24) is 0 Å². The van der Waals surface area contributed by atoms with Crippen molar-refractivity contribution >= 4 is 5.97 Å². The van der Waals surface area contributed by atoms with Gasteiger partial charge in [-0.2, -0.15) is 0 Å². The van der Waals surface area contributed by atoms with Gasteiger partial charge < -0.3 is 10.2 Å². The molecule has 0 aromatic carbocycles. The number of carbonyl (C=O) groups is 1. The Balaban J connectivity index is 1.44. The molecule has 0 saturated heterocycles. The van der Waals surface area contributed by atoms with E-state index in [1.54, 1.807) is 0 Å². The van der Waals surface area contributed by atoms with E-state index < -0.39 is 11.6 Å². The first-order chi connectivity index (χ1) is 16.4. The lowest BCUT2D eigenvalue weighted by Gasteiger charge is -2.62. The molecule has 35 heavy (non-hydrogen) atoms. The Morgan fingerprint density at radius 1 is 0.943 bits per heavy atom. The zero-order chi connectivity index (χ0) is 25.8. The first-order valence-electron chi connectivity index (χ1n) is 15.3. The van der Waals surface area contributed by atoms with Crippen LogP contribution in [0.3, 0.4) is 0 Å². The summed E-state index contributed by atoms with van der Waals surface area (Å²) in [6, 6.07) is 0. The van der Waals surface area contributed by atoms with Gasteiger partial charge in [0.1, 0.15) is 0 Å². The highest BCUT2D eigenvalue weighted by Gasteiger charge is 2.61. The molecule has 4 fully saturated rings. The molecule has 4 aliphatic rings. The fourth-order valence-electron chi connectivity index (χ4n) is 10.6. The molecule has 0 heterocycles. The second-order valence-electron chi connectivity index (χ2n) is 14.8. The number of fused-ring (bicyclic) bond motifs is 5. The fourth-order valence-corrected chi connectivity index (χ4v) is 10.6. The summed E-state index contributed by atoms with van der Waals surface area (Å²) in [5.74, 6) is 5.41. The standard InChI is InChI=1S/C32H56O3/c1-8-22(20(2)3)10-9-21(4)26-13-14-27-25-12-11-23-19-24(32(7,35)29(33)34)15-17-30(23,5)28(25)16-18-31(26,27)6/h20-28,35H,8-19H2,1-7H3,(H,33,34)/t21-,22-,23?,24+,25+,26-,27+,28+,30+,31-,32?/m1/s1. The number of aliphatic carboxylic acids is 1. The van der Waals surface area contributed by atoms with Crippen LogP contribution in [0.2, 0.25) is 0 Å². The summed E-state index contributed by atoms with van der Waals surface area (Å²) in [7, 11) is 0. The highest BCUT2D eigenvalue weighted by molar-refractivity contribution is 5.77. The molecule has 11 atom stereocenters. The first kappa shape index (κ1) is 27.5. The molecule has 3 heteroatoms. The lowest BCUT2D eigenvalue weighted by molar-refractivity contribution is -0.173. The molecule has 0 amide bonds. The van der Waals surface area contributed by atoms with Gasteiger partial charge in [0.25, 0.3) is 0 Å². The van der Waals surface area contributed by atoms with E-state index in [2.05, 4.69) is 41.5 Å². The Bertz CT molecular complexity index is 758. The third-order valence-corrected chi connectivity index (χ3v) is 13.1. The molecule has 0 spiro atoms. The minimum absolute atomic E-state index is 0.0991. The van der Waals surface area contributed by atoms with Crippen LogP contribution in [0.25, 0.3) is 0 Å². The predicted molar refractivity (Wildman–Crippen MR) is 144 cm³/mol. The summed E-state index contributed by atoms with van der Waals surface area (Å²) in [4.78, 5) is 11.7. The third-order valence-electron chi connectivity index (χ3n) is 13.1. The molecule has 4 rings (SSSR count). The van der Waals surface area contributed by atoms with Crippen LogP contribution in [0.4, 0.5) is 0 Å². The number of hydrogen-bond acceptors (Lipinski definition) is 2. The highest BCUT2D eigenvalue weighted by Crippen LogP contribution is 2.69. The lowest BCUT2D eigenvalue weighted by atomic mass is 9.43. The Kier molecular flexibility index (Phi) is 7.81. The van der Waals surface area contributed by atoms with Crippen LogP contribution in [0.5, 0.6) is 0 Å². The van der Waals surface area contributed by atoms with Gasteiger partial charge in [-0.25, -0.2) is 4.79 Å². The fraction of sp³-hybridized carbons (Fsp3) is 0.969. The minimum Gasteiger partial charge on any atom is -0.479 e. The van der Waals surface area contributed by atoms with Gasteiger partial charge in [0, 0.05) is 0 Å². The molecular formula is C32H56O3. The van der Waals surface area contributed by atoms with Gasteiger partial charge in [0.15, 0.2) is 5.60 Å². The summed E-state index contributed by atoms with van der Waals surface area (Å²) in [6.07, 6.45) is 15.2. The van der Waals surface area contributed by atoms with E-state index in [0.717, 1.165) is 60.7 Å². The van der Waals surface area contributed by atoms with Crippen LogP contribution in [0.15, 0.2) is 0 Å². The van der Waals surface area contributed by atoms with Crippen LogP contribution >= 0.6 is 0 Å². The van der Waals surface area contributed by atoms with Gasteiger partial charge in [0.2, 0.25) is 0 Å². The summed E-state index contributed by atoms with van der Waals surface area (Å²) in [6.45, 7) is 16.5. The van der Waals surface area contributed by atoms with Crippen molar-refractivity contribution in [3.8, 4) is 0 Å². The second kappa shape index (κ2) is 9.95. The summed E-state index contributed by atoms with van der Waals surface area (Å²) >= 11 is 0. The Morgan fingerprint density at radius 3 is 2.23 bits per heavy atom. The molecular weight excluding hydrogens is 432 g/mol. The quantitative estimate of drug-likeness (QED) is 0.362.